The number of anilines is 1. The molecule has 1 aliphatic heterocycles. The van der Waals surface area contributed by atoms with Gasteiger partial charge in [-0.25, -0.2) is 4.98 Å². The smallest absolute Gasteiger partial charge is 0.247 e. The fourth-order valence-corrected chi connectivity index (χ4v) is 3.56. The molecule has 10 nitrogen and oxygen atoms in total. The van der Waals surface area contributed by atoms with Crippen LogP contribution in [0, 0.1) is 3.57 Å². The molecule has 1 saturated heterocycles. The second-order valence-corrected chi connectivity index (χ2v) is 8.13. The Balaban J connectivity index is 1.67. The maximum absolute atomic E-state index is 11.5. The number of ether oxygens (including phenoxy) is 2. The molecule has 0 bridgehead atoms. The normalized spacial score (nSPS) is 21.1. The van der Waals surface area contributed by atoms with E-state index in [9.17, 15) is 15.0 Å². The van der Waals surface area contributed by atoms with E-state index in [-0.39, 0.29) is 37.4 Å². The molecule has 0 saturated carbocycles. The molecule has 3 heterocycles. The van der Waals surface area contributed by atoms with Crippen LogP contribution in [0.2, 0.25) is 0 Å². The topological polar surface area (TPSA) is 132 Å². The number of nitrogens with one attached hydrogen (secondary N) is 1. The van der Waals surface area contributed by atoms with Gasteiger partial charge in [0.2, 0.25) is 17.7 Å². The molecule has 1 aliphatic rings. The molecular weight excluding hydrogens is 505 g/mol. The molecule has 3 aromatic rings. The summed E-state index contributed by atoms with van der Waals surface area (Å²) in [6.45, 7) is 1.33. The summed E-state index contributed by atoms with van der Waals surface area (Å²) < 4.78 is 14.4. The van der Waals surface area contributed by atoms with Crippen LogP contribution in [0.15, 0.2) is 30.6 Å². The molecule has 2 aromatic heterocycles. The van der Waals surface area contributed by atoms with Crippen molar-refractivity contribution in [3.63, 3.8) is 0 Å². The summed E-state index contributed by atoms with van der Waals surface area (Å²) >= 11 is 2.23. The summed E-state index contributed by atoms with van der Waals surface area (Å²) in [7, 11) is 0. The van der Waals surface area contributed by atoms with Crippen LogP contribution in [0.3, 0.4) is 0 Å². The van der Waals surface area contributed by atoms with Gasteiger partial charge in [0.05, 0.1) is 19.0 Å². The molecule has 0 unspecified atom stereocenters. The Hall–Kier alpha value is -2.35. The van der Waals surface area contributed by atoms with Crippen molar-refractivity contribution in [1.29, 1.82) is 0 Å². The number of aliphatic hydroxyl groups is 2. The van der Waals surface area contributed by atoms with E-state index in [4.69, 9.17) is 9.47 Å². The molecule has 1 aromatic carbocycles. The number of hydrogen-bond acceptors (Lipinski definition) is 8. The quantitative estimate of drug-likeness (QED) is 0.414. The van der Waals surface area contributed by atoms with Crippen molar-refractivity contribution >= 4 is 45.6 Å². The van der Waals surface area contributed by atoms with Crippen LogP contribution in [0.4, 0.5) is 5.95 Å². The minimum Gasteiger partial charge on any atom is -0.471 e. The molecule has 158 valence electrons. The van der Waals surface area contributed by atoms with Crippen molar-refractivity contribution in [2.75, 3.05) is 11.9 Å². The monoisotopic (exact) mass is 525 g/mol. The number of hydrogen-bond donors (Lipinski definition) is 3. The number of aromatic nitrogens is 4. The first kappa shape index (κ1) is 20.9. The summed E-state index contributed by atoms with van der Waals surface area (Å²) in [5.41, 5.74) is 1.75. The Morgan fingerprint density at radius 3 is 2.80 bits per heavy atom. The average molecular weight is 525 g/mol. The third-order valence-electron chi connectivity index (χ3n) is 4.66. The van der Waals surface area contributed by atoms with Gasteiger partial charge in [0.15, 0.2) is 11.2 Å². The number of carbonyl (C=O) groups excluding carboxylic acids is 1. The maximum Gasteiger partial charge on any atom is 0.247 e. The van der Waals surface area contributed by atoms with Gasteiger partial charge in [0.25, 0.3) is 0 Å². The van der Waals surface area contributed by atoms with Crippen molar-refractivity contribution < 1.29 is 24.5 Å². The minimum absolute atomic E-state index is 0.0756. The van der Waals surface area contributed by atoms with Crippen molar-refractivity contribution in [3.05, 3.63) is 39.7 Å². The lowest BCUT2D eigenvalue weighted by atomic mass is 10.2. The van der Waals surface area contributed by atoms with E-state index >= 15 is 0 Å². The lowest BCUT2D eigenvalue weighted by Gasteiger charge is -2.14. The summed E-state index contributed by atoms with van der Waals surface area (Å²) in [6.07, 6.45) is -0.251. The Labute approximate surface area is 185 Å². The number of aliphatic hydroxyl groups excluding tert-OH is 2. The Bertz CT molecular complexity index is 1060. The average Bonchev–Trinajstić information content (AvgIpc) is 3.30. The van der Waals surface area contributed by atoms with Crippen LogP contribution >= 0.6 is 22.6 Å². The second kappa shape index (κ2) is 8.79. The number of halogens is 1. The summed E-state index contributed by atoms with van der Waals surface area (Å²) in [6, 6.07) is 7.87. The number of benzene rings is 1. The molecule has 1 fully saturated rings. The number of amides is 1. The van der Waals surface area contributed by atoms with Gasteiger partial charge >= 0.3 is 0 Å². The van der Waals surface area contributed by atoms with Crippen molar-refractivity contribution in [3.8, 4) is 5.88 Å². The highest BCUT2D eigenvalue weighted by atomic mass is 127. The van der Waals surface area contributed by atoms with Crippen molar-refractivity contribution in [2.45, 2.75) is 38.4 Å². The summed E-state index contributed by atoms with van der Waals surface area (Å²) in [4.78, 5) is 24.6. The lowest BCUT2D eigenvalue weighted by molar-refractivity contribution is -0.114. The van der Waals surface area contributed by atoms with Gasteiger partial charge in [-0.1, -0.05) is 12.1 Å². The number of carbonyl (C=O) groups is 1. The molecule has 0 radical (unpaired) electrons. The first-order chi connectivity index (χ1) is 14.4. The van der Waals surface area contributed by atoms with E-state index < -0.39 is 18.4 Å². The van der Waals surface area contributed by atoms with Crippen molar-refractivity contribution in [2.24, 2.45) is 0 Å². The molecule has 11 heteroatoms. The van der Waals surface area contributed by atoms with E-state index in [2.05, 4.69) is 42.9 Å². The fraction of sp³-hybridized carbons (Fsp3) is 0.368. The number of nitrogens with zero attached hydrogens (tertiary/aromatic N) is 4. The van der Waals surface area contributed by atoms with Crippen LogP contribution in [0.5, 0.6) is 5.88 Å². The zero-order valence-electron chi connectivity index (χ0n) is 16.0. The molecule has 4 rings (SSSR count). The van der Waals surface area contributed by atoms with Gasteiger partial charge < -0.3 is 19.7 Å². The SMILES string of the molecule is CC(=O)Nc1nc(OCc2ccc(I)cc2)c2ncn([C@H]3C[C@H](O)[C@@H](CO)O3)c2n1. The Kier molecular flexibility index (Phi) is 6.13. The van der Waals surface area contributed by atoms with E-state index in [1.807, 2.05) is 24.3 Å². The zero-order chi connectivity index (χ0) is 21.3. The van der Waals surface area contributed by atoms with Gasteiger partial charge in [-0.15, -0.1) is 0 Å². The summed E-state index contributed by atoms with van der Waals surface area (Å²) in [5.74, 6) is -0.0261. The number of fused-ring (bicyclic) bond motifs is 1. The second-order valence-electron chi connectivity index (χ2n) is 6.89. The Morgan fingerprint density at radius 2 is 2.13 bits per heavy atom. The third kappa shape index (κ3) is 4.38. The van der Waals surface area contributed by atoms with Gasteiger partial charge in [-0.3, -0.25) is 14.7 Å². The standard InChI is InChI=1S/C19H20IN5O5/c1-10(27)22-19-23-17-16(18(24-19)29-8-11-2-4-12(20)5-3-11)21-9-25(17)15-6-13(28)14(7-26)30-15/h2-5,9,13-15,26,28H,6-8H2,1H3,(H,22,23,24,27)/t13-,14+,15+/m0/s1. The zero-order valence-corrected chi connectivity index (χ0v) is 18.2. The van der Waals surface area contributed by atoms with E-state index in [1.165, 1.54) is 13.3 Å². The summed E-state index contributed by atoms with van der Waals surface area (Å²) in [5, 5.41) is 22.0. The van der Waals surface area contributed by atoms with E-state index in [0.717, 1.165) is 9.13 Å². The maximum atomic E-state index is 11.5. The minimum atomic E-state index is -0.800. The molecule has 3 atom stereocenters. The molecular formula is C19H20IN5O5. The van der Waals surface area contributed by atoms with E-state index in [0.29, 0.717) is 11.2 Å². The van der Waals surface area contributed by atoms with E-state index in [1.54, 1.807) is 4.57 Å². The molecule has 3 N–H and O–H groups in total. The predicted molar refractivity (Wildman–Crippen MR) is 115 cm³/mol. The highest BCUT2D eigenvalue weighted by Crippen LogP contribution is 2.33. The highest BCUT2D eigenvalue weighted by molar-refractivity contribution is 14.1. The predicted octanol–water partition coefficient (Wildman–Crippen LogP) is 1.61. The van der Waals surface area contributed by atoms with Gasteiger partial charge in [0, 0.05) is 16.9 Å². The third-order valence-corrected chi connectivity index (χ3v) is 5.38. The molecule has 0 spiro atoms. The number of rotatable bonds is 6. The van der Waals surface area contributed by atoms with Crippen molar-refractivity contribution in [1.82, 2.24) is 19.5 Å². The first-order valence-electron chi connectivity index (χ1n) is 9.28. The Morgan fingerprint density at radius 1 is 1.37 bits per heavy atom. The highest BCUT2D eigenvalue weighted by Gasteiger charge is 2.35. The van der Waals surface area contributed by atoms with Crippen LogP contribution in [0.1, 0.15) is 25.1 Å². The first-order valence-corrected chi connectivity index (χ1v) is 10.4. The van der Waals surface area contributed by atoms with Crippen LogP contribution in [0.25, 0.3) is 11.2 Å². The van der Waals surface area contributed by atoms with Gasteiger partial charge in [0.1, 0.15) is 18.9 Å². The van der Waals surface area contributed by atoms with Crippen LogP contribution in [-0.2, 0) is 16.1 Å². The fourth-order valence-electron chi connectivity index (χ4n) is 3.20. The largest absolute Gasteiger partial charge is 0.471 e. The van der Waals surface area contributed by atoms with Crippen LogP contribution in [-0.4, -0.2) is 54.5 Å². The number of imidazole rings is 1. The molecule has 30 heavy (non-hydrogen) atoms. The van der Waals surface area contributed by atoms with Gasteiger partial charge in [-0.2, -0.15) is 9.97 Å². The lowest BCUT2D eigenvalue weighted by Crippen LogP contribution is -2.24. The molecule has 0 aliphatic carbocycles. The van der Waals surface area contributed by atoms with Gasteiger partial charge in [-0.05, 0) is 40.3 Å². The molecule has 1 amide bonds. The van der Waals surface area contributed by atoms with Crippen LogP contribution < -0.4 is 10.1 Å².